The van der Waals surface area contributed by atoms with Crippen LogP contribution in [0.4, 0.5) is 0 Å². The van der Waals surface area contributed by atoms with Crippen LogP contribution in [0.2, 0.25) is 0 Å². The molecule has 1 aliphatic rings. The number of fused-ring (bicyclic) bond motifs is 1. The number of hydrogen-bond donors (Lipinski definition) is 2. The minimum Gasteiger partial charge on any atom is -0.480 e. The highest BCUT2D eigenvalue weighted by atomic mass is 16.7. The molecule has 52 heavy (non-hydrogen) atoms. The summed E-state index contributed by atoms with van der Waals surface area (Å²) in [5.41, 5.74) is 6.87. The molecule has 0 saturated heterocycles. The Kier molecular flexibility index (Phi) is 14.9. The van der Waals surface area contributed by atoms with Crippen LogP contribution < -0.4 is 9.47 Å². The van der Waals surface area contributed by atoms with Crippen LogP contribution in [0.25, 0.3) is 11.1 Å². The Morgan fingerprint density at radius 3 is 1.73 bits per heavy atom. The molecular formula is C44H44N2O6. The van der Waals surface area contributed by atoms with Gasteiger partial charge in [-0.3, -0.25) is 19.4 Å². The molecule has 5 rings (SSSR count). The summed E-state index contributed by atoms with van der Waals surface area (Å²) in [6, 6.07) is 33.6. The summed E-state index contributed by atoms with van der Waals surface area (Å²) >= 11 is 0. The van der Waals surface area contributed by atoms with Crippen LogP contribution in [0.15, 0.2) is 115 Å². The predicted octanol–water partition coefficient (Wildman–Crippen LogP) is 7.13. The van der Waals surface area contributed by atoms with Gasteiger partial charge >= 0.3 is 11.9 Å². The Balaban J connectivity index is 0.000000233. The van der Waals surface area contributed by atoms with Crippen molar-refractivity contribution in [2.45, 2.75) is 19.8 Å². The maximum Gasteiger partial charge on any atom is 0.317 e. The van der Waals surface area contributed by atoms with Crippen LogP contribution in [0.5, 0.6) is 11.5 Å². The molecule has 1 heterocycles. The van der Waals surface area contributed by atoms with Gasteiger partial charge in [-0.2, -0.15) is 0 Å². The van der Waals surface area contributed by atoms with Crippen LogP contribution in [0, 0.1) is 23.7 Å². The van der Waals surface area contributed by atoms with E-state index in [0.29, 0.717) is 24.8 Å². The van der Waals surface area contributed by atoms with E-state index in [-0.39, 0.29) is 19.9 Å². The van der Waals surface area contributed by atoms with E-state index in [2.05, 4.69) is 43.6 Å². The van der Waals surface area contributed by atoms with Crippen LogP contribution in [0.3, 0.4) is 0 Å². The Bertz CT molecular complexity index is 2000. The fourth-order valence-corrected chi connectivity index (χ4v) is 5.17. The van der Waals surface area contributed by atoms with Gasteiger partial charge in [0, 0.05) is 35.4 Å². The van der Waals surface area contributed by atoms with E-state index in [1.807, 2.05) is 109 Å². The van der Waals surface area contributed by atoms with Gasteiger partial charge in [-0.1, -0.05) is 129 Å². The average molecular weight is 697 g/mol. The molecule has 0 spiro atoms. The van der Waals surface area contributed by atoms with E-state index in [0.717, 1.165) is 39.1 Å². The molecule has 266 valence electrons. The number of likely N-dealkylation sites (N-methyl/N-ethyl adjacent to an activating group) is 2. The topological polar surface area (TPSA) is 99.5 Å². The van der Waals surface area contributed by atoms with Crippen molar-refractivity contribution < 1.29 is 29.3 Å². The summed E-state index contributed by atoms with van der Waals surface area (Å²) in [5, 5.41) is 17.8. The smallest absolute Gasteiger partial charge is 0.317 e. The van der Waals surface area contributed by atoms with E-state index in [1.54, 1.807) is 23.9 Å². The van der Waals surface area contributed by atoms with Gasteiger partial charge < -0.3 is 19.7 Å². The minimum atomic E-state index is -0.853. The van der Waals surface area contributed by atoms with Crippen molar-refractivity contribution in [3.8, 4) is 35.2 Å². The fraction of sp³-hybridized carbons (Fsp3) is 0.227. The predicted molar refractivity (Wildman–Crippen MR) is 206 cm³/mol. The van der Waals surface area contributed by atoms with E-state index in [1.165, 1.54) is 5.56 Å². The molecule has 0 bridgehead atoms. The van der Waals surface area contributed by atoms with Gasteiger partial charge in [0.15, 0.2) is 11.5 Å². The highest BCUT2D eigenvalue weighted by Gasteiger charge is 2.12. The summed E-state index contributed by atoms with van der Waals surface area (Å²) in [4.78, 5) is 25.1. The Morgan fingerprint density at radius 1 is 0.692 bits per heavy atom. The number of carboxylic acids is 2. The Morgan fingerprint density at radius 2 is 1.19 bits per heavy atom. The average Bonchev–Trinajstić information content (AvgIpc) is 3.60. The number of nitrogens with zero attached hydrogens (tertiary/aromatic N) is 2. The zero-order valence-electron chi connectivity index (χ0n) is 30.0. The highest BCUT2D eigenvalue weighted by molar-refractivity contribution is 5.81. The number of carboxylic acid groups (broad SMARTS) is 2. The van der Waals surface area contributed by atoms with E-state index in [9.17, 15) is 9.59 Å². The normalized spacial score (nSPS) is 12.0. The molecule has 0 radical (unpaired) electrons. The number of hydrogen-bond acceptors (Lipinski definition) is 6. The quantitative estimate of drug-likeness (QED) is 0.160. The van der Waals surface area contributed by atoms with Gasteiger partial charge in [0.05, 0.1) is 13.1 Å². The summed E-state index contributed by atoms with van der Waals surface area (Å²) in [7, 11) is 3.55. The van der Waals surface area contributed by atoms with Crippen molar-refractivity contribution >= 4 is 23.1 Å². The maximum atomic E-state index is 10.8. The summed E-state index contributed by atoms with van der Waals surface area (Å²) in [6.45, 7) is 5.56. The highest BCUT2D eigenvalue weighted by Crippen LogP contribution is 2.32. The van der Waals surface area contributed by atoms with Crippen molar-refractivity contribution in [3.05, 3.63) is 143 Å². The second-order valence-electron chi connectivity index (χ2n) is 12.5. The molecule has 0 saturated carbocycles. The first-order chi connectivity index (χ1) is 25.1. The van der Waals surface area contributed by atoms with Gasteiger partial charge in [0.2, 0.25) is 6.79 Å². The fourth-order valence-electron chi connectivity index (χ4n) is 5.17. The molecule has 8 nitrogen and oxygen atoms in total. The van der Waals surface area contributed by atoms with Crippen LogP contribution in [-0.4, -0.2) is 79.0 Å². The first-order valence-electron chi connectivity index (χ1n) is 16.9. The van der Waals surface area contributed by atoms with Gasteiger partial charge in [-0.15, -0.1) is 0 Å². The van der Waals surface area contributed by atoms with Crippen molar-refractivity contribution in [3.63, 3.8) is 0 Å². The van der Waals surface area contributed by atoms with E-state index in [4.69, 9.17) is 19.7 Å². The molecule has 4 aromatic carbocycles. The number of benzene rings is 4. The SMILES string of the molecule is CC(C)c1ccccc1C#CC(=CCN(C)CC(=O)O)c1ccccc1.CN(CC=C(C#Cc1ccc2c(c1)OCO2)c1ccccc1)CC(=O)O. The molecular weight excluding hydrogens is 652 g/mol. The number of aliphatic carboxylic acids is 2. The number of allylic oxidation sites excluding steroid dienone is 2. The van der Waals surface area contributed by atoms with Crippen molar-refractivity contribution in [1.29, 1.82) is 0 Å². The Hall–Kier alpha value is -6.06. The van der Waals surface area contributed by atoms with Crippen LogP contribution in [0.1, 0.15) is 47.6 Å². The van der Waals surface area contributed by atoms with E-state index >= 15 is 0 Å². The maximum absolute atomic E-state index is 10.8. The molecule has 8 heteroatoms. The molecule has 0 aliphatic carbocycles. The molecule has 1 aliphatic heterocycles. The molecule has 0 aromatic heterocycles. The zero-order valence-corrected chi connectivity index (χ0v) is 30.0. The molecule has 0 atom stereocenters. The second kappa shape index (κ2) is 20.0. The van der Waals surface area contributed by atoms with Crippen LogP contribution in [-0.2, 0) is 9.59 Å². The third-order valence-electron chi connectivity index (χ3n) is 7.82. The first-order valence-corrected chi connectivity index (χ1v) is 16.9. The summed E-state index contributed by atoms with van der Waals surface area (Å²) in [6.07, 6.45) is 3.93. The third-order valence-corrected chi connectivity index (χ3v) is 7.82. The lowest BCUT2D eigenvalue weighted by Gasteiger charge is -2.11. The molecule has 0 unspecified atom stereocenters. The van der Waals surface area contributed by atoms with Crippen molar-refractivity contribution in [2.75, 3.05) is 47.1 Å². The third kappa shape index (κ3) is 12.7. The van der Waals surface area contributed by atoms with Gasteiger partial charge in [-0.25, -0.2) is 0 Å². The monoisotopic (exact) mass is 696 g/mol. The van der Waals surface area contributed by atoms with Gasteiger partial charge in [-0.05, 0) is 61.0 Å². The van der Waals surface area contributed by atoms with Crippen molar-refractivity contribution in [2.24, 2.45) is 0 Å². The molecule has 0 amide bonds. The van der Waals surface area contributed by atoms with Crippen molar-refractivity contribution in [1.82, 2.24) is 9.80 Å². The Labute approximate surface area is 306 Å². The number of carbonyl (C=O) groups is 2. The lowest BCUT2D eigenvalue weighted by Crippen LogP contribution is -2.25. The van der Waals surface area contributed by atoms with Gasteiger partial charge in [0.25, 0.3) is 0 Å². The van der Waals surface area contributed by atoms with Crippen LogP contribution >= 0.6 is 0 Å². The number of ether oxygens (including phenoxy) is 2. The lowest BCUT2D eigenvalue weighted by molar-refractivity contribution is -0.138. The van der Waals surface area contributed by atoms with Gasteiger partial charge in [0.1, 0.15) is 0 Å². The lowest BCUT2D eigenvalue weighted by atomic mass is 9.97. The minimum absolute atomic E-state index is 0.00216. The number of rotatable bonds is 11. The second-order valence-corrected chi connectivity index (χ2v) is 12.5. The molecule has 0 fully saturated rings. The molecule has 4 aromatic rings. The largest absolute Gasteiger partial charge is 0.480 e. The summed E-state index contributed by atoms with van der Waals surface area (Å²) < 4.78 is 10.7. The zero-order chi connectivity index (χ0) is 37.3. The van der Waals surface area contributed by atoms with E-state index < -0.39 is 11.9 Å². The first kappa shape index (κ1) is 38.7. The molecule has 2 N–H and O–H groups in total. The summed E-state index contributed by atoms with van der Waals surface area (Å²) in [5.74, 6) is 13.1. The standard InChI is InChI=1S/C23H25NO2.C21H19NO4/c1-18(2)22-12-8-7-11-21(22)14-13-20(19-9-5-4-6-10-19)15-16-24(3)17-23(25)26;1-22(14-21(23)24)12-11-18(17-5-3-2-4-6-17)9-7-16-8-10-19-20(13-16)26-15-25-19/h4-12,15,18H,16-17H2,1-3H3,(H,25,26);2-6,8,10-11,13H,12,14-15H2,1H3,(H,23,24).